The summed E-state index contributed by atoms with van der Waals surface area (Å²) in [7, 11) is 1.91. The van der Waals surface area contributed by atoms with Crippen molar-refractivity contribution in [1.82, 2.24) is 15.5 Å². The highest BCUT2D eigenvalue weighted by atomic mass is 16.5. The van der Waals surface area contributed by atoms with E-state index in [1.54, 1.807) is 0 Å². The Morgan fingerprint density at radius 3 is 2.93 bits per heavy atom. The smallest absolute Gasteiger partial charge is 0.227 e. The van der Waals surface area contributed by atoms with E-state index in [0.29, 0.717) is 5.92 Å². The van der Waals surface area contributed by atoms with E-state index in [1.807, 2.05) is 7.05 Å². The van der Waals surface area contributed by atoms with Gasteiger partial charge in [0.2, 0.25) is 5.89 Å². The number of ether oxygens (including phenoxy) is 1. The zero-order valence-electron chi connectivity index (χ0n) is 9.03. The molecule has 0 bridgehead atoms. The Morgan fingerprint density at radius 1 is 1.40 bits per heavy atom. The van der Waals surface area contributed by atoms with Gasteiger partial charge in [-0.2, -0.15) is 4.98 Å². The van der Waals surface area contributed by atoms with Gasteiger partial charge in [0.1, 0.15) is 0 Å². The second kappa shape index (κ2) is 5.23. The van der Waals surface area contributed by atoms with E-state index in [2.05, 4.69) is 15.5 Å². The van der Waals surface area contributed by atoms with E-state index in [9.17, 15) is 0 Å². The van der Waals surface area contributed by atoms with Crippen molar-refractivity contribution in [3.8, 4) is 0 Å². The highest BCUT2D eigenvalue weighted by molar-refractivity contribution is 4.96. The summed E-state index contributed by atoms with van der Waals surface area (Å²) < 4.78 is 10.5. The molecule has 1 aliphatic rings. The molecular formula is C10H17N3O2. The van der Waals surface area contributed by atoms with Crippen LogP contribution in [-0.2, 0) is 11.2 Å². The van der Waals surface area contributed by atoms with Gasteiger partial charge < -0.3 is 14.6 Å². The molecule has 5 nitrogen and oxygen atoms in total. The minimum Gasteiger partial charge on any atom is -0.381 e. The summed E-state index contributed by atoms with van der Waals surface area (Å²) in [5.41, 5.74) is 0. The molecule has 0 atom stereocenters. The number of hydrogen-bond acceptors (Lipinski definition) is 5. The summed E-state index contributed by atoms with van der Waals surface area (Å²) in [4.78, 5) is 4.40. The van der Waals surface area contributed by atoms with Gasteiger partial charge in [-0.3, -0.25) is 0 Å². The largest absolute Gasteiger partial charge is 0.381 e. The first-order valence-electron chi connectivity index (χ1n) is 5.45. The minimum absolute atomic E-state index is 0.422. The average Bonchev–Trinajstić information content (AvgIpc) is 2.76. The van der Waals surface area contributed by atoms with Gasteiger partial charge in [0.15, 0.2) is 5.82 Å². The number of hydrogen-bond donors (Lipinski definition) is 1. The standard InChI is InChI=1S/C10H17N3O2/c1-11-5-2-9-12-10(13-15-9)8-3-6-14-7-4-8/h8,11H,2-7H2,1H3. The number of nitrogens with one attached hydrogen (secondary N) is 1. The molecule has 2 rings (SSSR count). The Labute approximate surface area is 89.2 Å². The third kappa shape index (κ3) is 2.76. The number of rotatable bonds is 4. The molecule has 0 amide bonds. The van der Waals surface area contributed by atoms with Crippen LogP contribution < -0.4 is 5.32 Å². The molecule has 0 spiro atoms. The van der Waals surface area contributed by atoms with Gasteiger partial charge >= 0.3 is 0 Å². The first-order valence-corrected chi connectivity index (χ1v) is 5.45. The fraction of sp³-hybridized carbons (Fsp3) is 0.800. The van der Waals surface area contributed by atoms with Crippen molar-refractivity contribution in [1.29, 1.82) is 0 Å². The highest BCUT2D eigenvalue weighted by Gasteiger charge is 2.20. The Morgan fingerprint density at radius 2 is 2.20 bits per heavy atom. The Balaban J connectivity index is 1.93. The molecule has 0 unspecified atom stereocenters. The van der Waals surface area contributed by atoms with Gasteiger partial charge in [-0.1, -0.05) is 5.16 Å². The quantitative estimate of drug-likeness (QED) is 0.795. The van der Waals surface area contributed by atoms with Gasteiger partial charge in [0, 0.05) is 32.1 Å². The molecule has 1 aromatic rings. The molecule has 0 radical (unpaired) electrons. The van der Waals surface area contributed by atoms with Crippen LogP contribution in [0.5, 0.6) is 0 Å². The van der Waals surface area contributed by atoms with Crippen molar-refractivity contribution in [2.24, 2.45) is 0 Å². The SMILES string of the molecule is CNCCc1nc(C2CCOCC2)no1. The van der Waals surface area contributed by atoms with Crippen molar-refractivity contribution < 1.29 is 9.26 Å². The zero-order chi connectivity index (χ0) is 10.5. The maximum absolute atomic E-state index is 5.30. The number of likely N-dealkylation sites (N-methyl/N-ethyl adjacent to an activating group) is 1. The lowest BCUT2D eigenvalue weighted by Gasteiger charge is -2.18. The maximum atomic E-state index is 5.30. The third-order valence-corrected chi connectivity index (χ3v) is 2.66. The normalized spacial score (nSPS) is 18.2. The summed E-state index contributed by atoms with van der Waals surface area (Å²) >= 11 is 0. The maximum Gasteiger partial charge on any atom is 0.227 e. The molecule has 15 heavy (non-hydrogen) atoms. The molecular weight excluding hydrogens is 194 g/mol. The summed E-state index contributed by atoms with van der Waals surface area (Å²) in [6, 6.07) is 0. The van der Waals surface area contributed by atoms with Crippen molar-refractivity contribution >= 4 is 0 Å². The summed E-state index contributed by atoms with van der Waals surface area (Å²) in [5.74, 6) is 2.00. The molecule has 1 saturated heterocycles. The van der Waals surface area contributed by atoms with Crippen molar-refractivity contribution in [3.63, 3.8) is 0 Å². The van der Waals surface area contributed by atoms with Gasteiger partial charge in [-0.25, -0.2) is 0 Å². The molecule has 1 N–H and O–H groups in total. The lowest BCUT2D eigenvalue weighted by atomic mass is 10.00. The predicted molar refractivity (Wildman–Crippen MR) is 54.7 cm³/mol. The molecule has 2 heterocycles. The van der Waals surface area contributed by atoms with Gasteiger partial charge in [-0.05, 0) is 19.9 Å². The third-order valence-electron chi connectivity index (χ3n) is 2.66. The van der Waals surface area contributed by atoms with Crippen LogP contribution in [0.1, 0.15) is 30.5 Å². The molecule has 1 aliphatic heterocycles. The van der Waals surface area contributed by atoms with Gasteiger partial charge in [0.25, 0.3) is 0 Å². The average molecular weight is 211 g/mol. The van der Waals surface area contributed by atoms with Crippen molar-refractivity contribution in [2.75, 3.05) is 26.8 Å². The molecule has 5 heteroatoms. The Kier molecular flexibility index (Phi) is 3.69. The Bertz CT molecular complexity index is 295. The predicted octanol–water partition coefficient (Wildman–Crippen LogP) is 0.726. The van der Waals surface area contributed by atoms with E-state index in [1.165, 1.54) is 0 Å². The van der Waals surface area contributed by atoms with Gasteiger partial charge in [0.05, 0.1) is 0 Å². The van der Waals surface area contributed by atoms with Crippen LogP contribution in [0.3, 0.4) is 0 Å². The fourth-order valence-corrected chi connectivity index (χ4v) is 1.72. The molecule has 0 saturated carbocycles. The van der Waals surface area contributed by atoms with Crippen LogP contribution in [-0.4, -0.2) is 36.9 Å². The highest BCUT2D eigenvalue weighted by Crippen LogP contribution is 2.24. The fourth-order valence-electron chi connectivity index (χ4n) is 1.72. The lowest BCUT2D eigenvalue weighted by molar-refractivity contribution is 0.0830. The summed E-state index contributed by atoms with van der Waals surface area (Å²) in [5, 5.41) is 7.08. The first-order chi connectivity index (χ1) is 7.40. The molecule has 1 fully saturated rings. The monoisotopic (exact) mass is 211 g/mol. The Hall–Kier alpha value is -0.940. The number of nitrogens with zero attached hydrogens (tertiary/aromatic N) is 2. The van der Waals surface area contributed by atoms with Crippen LogP contribution in [0.4, 0.5) is 0 Å². The molecule has 0 aliphatic carbocycles. The summed E-state index contributed by atoms with van der Waals surface area (Å²) in [6.07, 6.45) is 2.81. The van der Waals surface area contributed by atoms with Crippen molar-refractivity contribution in [2.45, 2.75) is 25.2 Å². The van der Waals surface area contributed by atoms with E-state index in [4.69, 9.17) is 9.26 Å². The van der Waals surface area contributed by atoms with Crippen LogP contribution >= 0.6 is 0 Å². The van der Waals surface area contributed by atoms with Gasteiger partial charge in [-0.15, -0.1) is 0 Å². The van der Waals surface area contributed by atoms with Crippen LogP contribution in [0.15, 0.2) is 4.52 Å². The van der Waals surface area contributed by atoms with E-state index in [-0.39, 0.29) is 0 Å². The number of aromatic nitrogens is 2. The van der Waals surface area contributed by atoms with Crippen molar-refractivity contribution in [3.05, 3.63) is 11.7 Å². The lowest BCUT2D eigenvalue weighted by Crippen LogP contribution is -2.15. The first kappa shape index (κ1) is 10.6. The minimum atomic E-state index is 0.422. The molecule has 0 aromatic carbocycles. The second-order valence-corrected chi connectivity index (χ2v) is 3.79. The molecule has 1 aromatic heterocycles. The second-order valence-electron chi connectivity index (χ2n) is 3.79. The summed E-state index contributed by atoms with van der Waals surface area (Å²) in [6.45, 7) is 2.49. The van der Waals surface area contributed by atoms with E-state index < -0.39 is 0 Å². The topological polar surface area (TPSA) is 60.2 Å². The van der Waals surface area contributed by atoms with Crippen LogP contribution in [0, 0.1) is 0 Å². The zero-order valence-corrected chi connectivity index (χ0v) is 9.03. The van der Waals surface area contributed by atoms with Crippen LogP contribution in [0.25, 0.3) is 0 Å². The van der Waals surface area contributed by atoms with E-state index >= 15 is 0 Å². The van der Waals surface area contributed by atoms with Crippen LogP contribution in [0.2, 0.25) is 0 Å². The van der Waals surface area contributed by atoms with E-state index in [0.717, 1.165) is 50.7 Å². The molecule has 84 valence electrons.